The highest BCUT2D eigenvalue weighted by molar-refractivity contribution is 6.82. The average molecular weight is 310 g/mol. The number of aliphatic hydroxyl groups excluding tert-OH is 1. The molecule has 0 amide bonds. The number of piperidine rings is 1. The Morgan fingerprint density at radius 2 is 1.29 bits per heavy atom. The van der Waals surface area contributed by atoms with E-state index in [1.807, 2.05) is 0 Å². The van der Waals surface area contributed by atoms with Crippen LogP contribution in [-0.4, -0.2) is 43.9 Å². The molecule has 3 rings (SSSR count). The summed E-state index contributed by atoms with van der Waals surface area (Å²) >= 11 is 0. The van der Waals surface area contributed by atoms with Gasteiger partial charge in [-0.25, -0.2) is 0 Å². The van der Waals surface area contributed by atoms with E-state index in [1.54, 1.807) is 0 Å². The van der Waals surface area contributed by atoms with Crippen LogP contribution in [0.5, 0.6) is 0 Å². The lowest BCUT2D eigenvalue weighted by atomic mass is 10.1. The summed E-state index contributed by atoms with van der Waals surface area (Å²) in [5.74, 6) is 0. The van der Waals surface area contributed by atoms with Gasteiger partial charge in [0.15, 0.2) is 0 Å². The van der Waals surface area contributed by atoms with Gasteiger partial charge in [0, 0.05) is 6.23 Å². The molecule has 122 valence electrons. The molecule has 1 aliphatic heterocycles. The molecule has 3 aliphatic rings. The van der Waals surface area contributed by atoms with Crippen LogP contribution in [0.3, 0.4) is 0 Å². The van der Waals surface area contributed by atoms with E-state index in [1.165, 1.54) is 96.3 Å². The lowest BCUT2D eigenvalue weighted by Gasteiger charge is -2.42. The van der Waals surface area contributed by atoms with Gasteiger partial charge in [-0.05, 0) is 49.6 Å². The van der Waals surface area contributed by atoms with Crippen LogP contribution in [0.25, 0.3) is 0 Å². The predicted octanol–water partition coefficient (Wildman–Crippen LogP) is 4.34. The molecule has 21 heavy (non-hydrogen) atoms. The van der Waals surface area contributed by atoms with Gasteiger partial charge < -0.3 is 10.0 Å². The Bertz CT molecular complexity index is 288. The third-order valence-corrected chi connectivity index (χ3v) is 13.1. The molecule has 0 aromatic carbocycles. The van der Waals surface area contributed by atoms with E-state index in [2.05, 4.69) is 4.90 Å². The van der Waals surface area contributed by atoms with Crippen molar-refractivity contribution in [3.05, 3.63) is 0 Å². The molecule has 2 aliphatic carbocycles. The Labute approximate surface area is 132 Å². The first-order valence-electron chi connectivity index (χ1n) is 9.68. The standard InChI is InChI=1S/C18H35NOSi/c20-16-21(17-8-2-3-9-17,18-10-4-5-11-18)15-14-19-12-6-1-7-13-19/h17-18,20H,1-16H2. The molecule has 0 bridgehead atoms. The van der Waals surface area contributed by atoms with Gasteiger partial charge in [0.25, 0.3) is 0 Å². The van der Waals surface area contributed by atoms with Crippen molar-refractivity contribution >= 4 is 8.07 Å². The molecule has 0 aromatic heterocycles. The fourth-order valence-corrected chi connectivity index (χ4v) is 11.6. The Morgan fingerprint density at radius 1 is 0.762 bits per heavy atom. The Balaban J connectivity index is 1.67. The van der Waals surface area contributed by atoms with Crippen molar-refractivity contribution in [2.24, 2.45) is 0 Å². The van der Waals surface area contributed by atoms with E-state index < -0.39 is 8.07 Å². The van der Waals surface area contributed by atoms with Gasteiger partial charge in [0.2, 0.25) is 0 Å². The summed E-state index contributed by atoms with van der Waals surface area (Å²) in [6, 6.07) is 1.40. The third-order valence-electron chi connectivity index (χ3n) is 6.97. The average Bonchev–Trinajstić information content (AvgIpc) is 3.24. The van der Waals surface area contributed by atoms with E-state index in [4.69, 9.17) is 0 Å². The monoisotopic (exact) mass is 309 g/mol. The highest BCUT2D eigenvalue weighted by atomic mass is 28.3. The molecule has 0 aromatic rings. The molecular formula is C18H35NOSi. The minimum atomic E-state index is -1.47. The van der Waals surface area contributed by atoms with Crippen LogP contribution >= 0.6 is 0 Å². The van der Waals surface area contributed by atoms with Gasteiger partial charge in [-0.1, -0.05) is 57.8 Å². The maximum atomic E-state index is 10.5. The molecule has 0 unspecified atom stereocenters. The zero-order valence-electron chi connectivity index (χ0n) is 13.9. The van der Waals surface area contributed by atoms with E-state index in [-0.39, 0.29) is 0 Å². The zero-order chi connectivity index (χ0) is 14.5. The van der Waals surface area contributed by atoms with Crippen LogP contribution < -0.4 is 0 Å². The molecule has 3 fully saturated rings. The maximum Gasteiger partial charge on any atom is 0.0907 e. The molecule has 0 atom stereocenters. The second kappa shape index (κ2) is 7.61. The van der Waals surface area contributed by atoms with Crippen molar-refractivity contribution < 1.29 is 5.11 Å². The van der Waals surface area contributed by atoms with Crippen LogP contribution in [0.15, 0.2) is 0 Å². The van der Waals surface area contributed by atoms with Gasteiger partial charge in [0.1, 0.15) is 0 Å². The van der Waals surface area contributed by atoms with Crippen LogP contribution in [0.2, 0.25) is 17.1 Å². The normalized spacial score (nSPS) is 26.7. The first-order valence-corrected chi connectivity index (χ1v) is 12.3. The highest BCUT2D eigenvalue weighted by Gasteiger charge is 2.48. The van der Waals surface area contributed by atoms with Crippen molar-refractivity contribution in [1.29, 1.82) is 0 Å². The number of rotatable bonds is 6. The predicted molar refractivity (Wildman–Crippen MR) is 92.4 cm³/mol. The summed E-state index contributed by atoms with van der Waals surface area (Å²) < 4.78 is 0. The van der Waals surface area contributed by atoms with Crippen molar-refractivity contribution in [3.63, 3.8) is 0 Å². The summed E-state index contributed by atoms with van der Waals surface area (Å²) in [5, 5.41) is 10.5. The summed E-state index contributed by atoms with van der Waals surface area (Å²) in [6.07, 6.45) is 16.4. The topological polar surface area (TPSA) is 23.5 Å². The number of hydrogen-bond donors (Lipinski definition) is 1. The van der Waals surface area contributed by atoms with Gasteiger partial charge in [0.05, 0.1) is 8.07 Å². The molecule has 2 saturated carbocycles. The highest BCUT2D eigenvalue weighted by Crippen LogP contribution is 2.51. The van der Waals surface area contributed by atoms with Gasteiger partial charge in [-0.3, -0.25) is 0 Å². The van der Waals surface area contributed by atoms with E-state index in [0.29, 0.717) is 6.23 Å². The molecule has 1 saturated heterocycles. The first kappa shape index (κ1) is 16.0. The van der Waals surface area contributed by atoms with Gasteiger partial charge in [-0.15, -0.1) is 0 Å². The lowest BCUT2D eigenvalue weighted by molar-refractivity contribution is 0.237. The minimum Gasteiger partial charge on any atom is -0.400 e. The van der Waals surface area contributed by atoms with Gasteiger partial charge in [-0.2, -0.15) is 0 Å². The van der Waals surface area contributed by atoms with Crippen LogP contribution in [-0.2, 0) is 0 Å². The molecule has 3 heteroatoms. The van der Waals surface area contributed by atoms with E-state index in [0.717, 1.165) is 11.1 Å². The molecule has 1 N–H and O–H groups in total. The number of aliphatic hydroxyl groups is 1. The molecule has 2 nitrogen and oxygen atoms in total. The second-order valence-corrected chi connectivity index (χ2v) is 12.9. The van der Waals surface area contributed by atoms with Crippen LogP contribution in [0.4, 0.5) is 0 Å². The van der Waals surface area contributed by atoms with Crippen molar-refractivity contribution in [3.8, 4) is 0 Å². The van der Waals surface area contributed by atoms with Crippen molar-refractivity contribution in [2.75, 3.05) is 25.9 Å². The zero-order valence-corrected chi connectivity index (χ0v) is 14.9. The quantitative estimate of drug-likeness (QED) is 0.738. The first-order chi connectivity index (χ1) is 10.3. The third kappa shape index (κ3) is 3.56. The lowest BCUT2D eigenvalue weighted by Crippen LogP contribution is -2.50. The minimum absolute atomic E-state index is 0.593. The Kier molecular flexibility index (Phi) is 5.80. The number of nitrogens with zero attached hydrogens (tertiary/aromatic N) is 1. The molecule has 1 heterocycles. The fourth-order valence-electron chi connectivity index (χ4n) is 5.63. The van der Waals surface area contributed by atoms with E-state index >= 15 is 0 Å². The largest absolute Gasteiger partial charge is 0.400 e. The summed E-state index contributed by atoms with van der Waals surface area (Å²) in [5.41, 5.74) is 1.91. The summed E-state index contributed by atoms with van der Waals surface area (Å²) in [4.78, 5) is 2.71. The summed E-state index contributed by atoms with van der Waals surface area (Å²) in [7, 11) is -1.47. The second-order valence-electron chi connectivity index (χ2n) is 8.01. The molecule has 0 radical (unpaired) electrons. The Morgan fingerprint density at radius 3 is 1.76 bits per heavy atom. The van der Waals surface area contributed by atoms with Crippen LogP contribution in [0.1, 0.15) is 70.6 Å². The van der Waals surface area contributed by atoms with Gasteiger partial charge >= 0.3 is 0 Å². The van der Waals surface area contributed by atoms with E-state index in [9.17, 15) is 5.11 Å². The maximum absolute atomic E-state index is 10.5. The summed E-state index contributed by atoms with van der Waals surface area (Å²) in [6.45, 7) is 3.95. The van der Waals surface area contributed by atoms with Crippen molar-refractivity contribution in [2.45, 2.75) is 87.8 Å². The smallest absolute Gasteiger partial charge is 0.0907 e. The SMILES string of the molecule is OC[Si](CCN1CCCCC1)(C1CCCC1)C1CCCC1. The van der Waals surface area contributed by atoms with Crippen LogP contribution in [0, 0.1) is 0 Å². The van der Waals surface area contributed by atoms with Crippen molar-refractivity contribution in [1.82, 2.24) is 4.90 Å². The fraction of sp³-hybridized carbons (Fsp3) is 1.00. The molecule has 0 spiro atoms. The Hall–Kier alpha value is 0.137. The number of hydrogen-bond acceptors (Lipinski definition) is 2. The number of likely N-dealkylation sites (tertiary alicyclic amines) is 1. The molecular weight excluding hydrogens is 274 g/mol.